The first kappa shape index (κ1) is 19.6. The first-order chi connectivity index (χ1) is 14.6. The molecule has 30 heavy (non-hydrogen) atoms. The van der Waals surface area contributed by atoms with Crippen LogP contribution in [0.25, 0.3) is 22.4 Å². The molecule has 0 amide bonds. The predicted octanol–water partition coefficient (Wildman–Crippen LogP) is 5.49. The molecule has 2 aromatic heterocycles. The predicted molar refractivity (Wildman–Crippen MR) is 114 cm³/mol. The molecule has 0 fully saturated rings. The van der Waals surface area contributed by atoms with Gasteiger partial charge in [-0.1, -0.05) is 49.4 Å². The Morgan fingerprint density at radius 2 is 1.80 bits per heavy atom. The van der Waals surface area contributed by atoms with Crippen molar-refractivity contribution >= 4 is 22.7 Å². The number of Topliss-reactive ketones (excluding diaryl/α,β-unsaturated/α-hetero) is 1. The Morgan fingerprint density at radius 3 is 2.50 bits per heavy atom. The zero-order valence-electron chi connectivity index (χ0n) is 16.8. The summed E-state index contributed by atoms with van der Waals surface area (Å²) in [6.45, 7) is 3.64. The second-order valence-corrected chi connectivity index (χ2v) is 7.01. The summed E-state index contributed by atoms with van der Waals surface area (Å²) in [4.78, 5) is 30.3. The van der Waals surface area contributed by atoms with E-state index in [0.29, 0.717) is 33.5 Å². The second-order valence-electron chi connectivity index (χ2n) is 7.01. The van der Waals surface area contributed by atoms with Crippen LogP contribution in [0.2, 0.25) is 0 Å². The lowest BCUT2D eigenvalue weighted by molar-refractivity contribution is 0.0320. The molecule has 0 saturated heterocycles. The lowest BCUT2D eigenvalue weighted by atomic mass is 10.0. The lowest BCUT2D eigenvalue weighted by Gasteiger charge is -2.14. The normalized spacial score (nSPS) is 11.9. The maximum atomic E-state index is 13.0. The Kier molecular flexibility index (Phi) is 5.44. The Balaban J connectivity index is 1.63. The average Bonchev–Trinajstić information content (AvgIpc) is 3.33. The number of carbonyl (C=O) groups is 2. The molecule has 0 aliphatic heterocycles. The largest absolute Gasteiger partial charge is 0.463 e. The van der Waals surface area contributed by atoms with Crippen molar-refractivity contribution in [3.05, 3.63) is 89.7 Å². The Morgan fingerprint density at radius 1 is 1.03 bits per heavy atom. The van der Waals surface area contributed by atoms with Crippen LogP contribution in [0, 0.1) is 0 Å². The number of ether oxygens (including phenoxy) is 1. The SMILES string of the molecule is CCc1ccc(C(=O)[C@@H](C)OC(=O)c2cc(-c3ccco3)nc3ccccc23)cc1. The van der Waals surface area contributed by atoms with Crippen molar-refractivity contribution in [2.45, 2.75) is 26.4 Å². The van der Waals surface area contributed by atoms with E-state index in [1.165, 1.54) is 0 Å². The van der Waals surface area contributed by atoms with Gasteiger partial charge in [-0.2, -0.15) is 0 Å². The summed E-state index contributed by atoms with van der Waals surface area (Å²) < 4.78 is 11.0. The van der Waals surface area contributed by atoms with Gasteiger partial charge >= 0.3 is 5.97 Å². The molecule has 0 saturated carbocycles. The highest BCUT2D eigenvalue weighted by Gasteiger charge is 2.23. The van der Waals surface area contributed by atoms with E-state index < -0.39 is 12.1 Å². The fourth-order valence-electron chi connectivity index (χ4n) is 3.31. The van der Waals surface area contributed by atoms with Gasteiger partial charge in [0, 0.05) is 10.9 Å². The second kappa shape index (κ2) is 8.33. The number of para-hydroxylation sites is 1. The number of benzene rings is 2. The number of aryl methyl sites for hydroxylation is 1. The molecular weight excluding hydrogens is 378 g/mol. The Labute approximate surface area is 174 Å². The van der Waals surface area contributed by atoms with Gasteiger partial charge < -0.3 is 9.15 Å². The fraction of sp³-hybridized carbons (Fsp3) is 0.160. The Bertz CT molecular complexity index is 1190. The van der Waals surface area contributed by atoms with Gasteiger partial charge in [-0.15, -0.1) is 0 Å². The number of fused-ring (bicyclic) bond motifs is 1. The molecule has 4 rings (SSSR count). The van der Waals surface area contributed by atoms with Crippen molar-refractivity contribution in [1.82, 2.24) is 4.98 Å². The molecule has 1 atom stereocenters. The van der Waals surface area contributed by atoms with Gasteiger partial charge in [0.25, 0.3) is 0 Å². The van der Waals surface area contributed by atoms with Crippen LogP contribution in [0.5, 0.6) is 0 Å². The van der Waals surface area contributed by atoms with Gasteiger partial charge in [0.1, 0.15) is 5.69 Å². The number of nitrogens with zero attached hydrogens (tertiary/aromatic N) is 1. The average molecular weight is 399 g/mol. The molecule has 5 nitrogen and oxygen atoms in total. The first-order valence-electron chi connectivity index (χ1n) is 9.84. The molecule has 0 spiro atoms. The van der Waals surface area contributed by atoms with Crippen molar-refractivity contribution < 1.29 is 18.7 Å². The number of aromatic nitrogens is 1. The number of hydrogen-bond acceptors (Lipinski definition) is 5. The van der Waals surface area contributed by atoms with Crippen LogP contribution >= 0.6 is 0 Å². The maximum Gasteiger partial charge on any atom is 0.339 e. The summed E-state index contributed by atoms with van der Waals surface area (Å²) in [5, 5.41) is 0.657. The van der Waals surface area contributed by atoms with Crippen molar-refractivity contribution in [3.8, 4) is 11.5 Å². The van der Waals surface area contributed by atoms with E-state index in [2.05, 4.69) is 11.9 Å². The summed E-state index contributed by atoms with van der Waals surface area (Å²) in [5.41, 5.74) is 3.17. The van der Waals surface area contributed by atoms with Crippen molar-refractivity contribution in [2.75, 3.05) is 0 Å². The van der Waals surface area contributed by atoms with E-state index in [1.54, 1.807) is 49.6 Å². The van der Waals surface area contributed by atoms with Crippen LogP contribution in [0.15, 0.2) is 77.4 Å². The first-order valence-corrected chi connectivity index (χ1v) is 9.84. The minimum atomic E-state index is -0.913. The van der Waals surface area contributed by atoms with E-state index >= 15 is 0 Å². The number of hydrogen-bond donors (Lipinski definition) is 0. The van der Waals surface area contributed by atoms with Crippen LogP contribution in [-0.4, -0.2) is 22.8 Å². The van der Waals surface area contributed by atoms with Gasteiger partial charge in [0.15, 0.2) is 11.9 Å². The van der Waals surface area contributed by atoms with E-state index in [4.69, 9.17) is 9.15 Å². The minimum Gasteiger partial charge on any atom is -0.463 e. The standard InChI is InChI=1S/C25H21NO4/c1-3-17-10-12-18(13-11-17)24(27)16(2)30-25(28)20-15-22(23-9-6-14-29-23)26-21-8-5-4-7-19(20)21/h4-16H,3H2,1-2H3/t16-/m1/s1. The van der Waals surface area contributed by atoms with Gasteiger partial charge in [0.05, 0.1) is 17.3 Å². The number of pyridine rings is 1. The highest BCUT2D eigenvalue weighted by molar-refractivity contribution is 6.06. The zero-order chi connectivity index (χ0) is 21.1. The highest BCUT2D eigenvalue weighted by atomic mass is 16.5. The van der Waals surface area contributed by atoms with Crippen molar-refractivity contribution in [3.63, 3.8) is 0 Å². The van der Waals surface area contributed by atoms with Crippen LogP contribution in [0.1, 0.15) is 40.1 Å². The van der Waals surface area contributed by atoms with E-state index in [-0.39, 0.29) is 5.78 Å². The third-order valence-electron chi connectivity index (χ3n) is 5.01. The molecule has 150 valence electrons. The van der Waals surface area contributed by atoms with Gasteiger partial charge in [0.2, 0.25) is 5.78 Å². The van der Waals surface area contributed by atoms with E-state index in [9.17, 15) is 9.59 Å². The molecule has 4 aromatic rings. The molecule has 0 bridgehead atoms. The van der Waals surface area contributed by atoms with Gasteiger partial charge in [-0.05, 0) is 43.2 Å². The topological polar surface area (TPSA) is 69.4 Å². The summed E-state index contributed by atoms with van der Waals surface area (Å²) >= 11 is 0. The van der Waals surface area contributed by atoms with Gasteiger partial charge in [-0.25, -0.2) is 9.78 Å². The monoisotopic (exact) mass is 399 g/mol. The third-order valence-corrected chi connectivity index (χ3v) is 5.01. The maximum absolute atomic E-state index is 13.0. The Hall–Kier alpha value is -3.73. The number of furan rings is 1. The van der Waals surface area contributed by atoms with Gasteiger partial charge in [-0.3, -0.25) is 4.79 Å². The number of rotatable bonds is 6. The number of esters is 1. The molecule has 5 heteroatoms. The molecule has 2 heterocycles. The molecule has 0 unspecified atom stereocenters. The summed E-state index contributed by atoms with van der Waals surface area (Å²) in [6, 6.07) is 19.8. The molecule has 0 aliphatic rings. The molecule has 0 aliphatic carbocycles. The highest BCUT2D eigenvalue weighted by Crippen LogP contribution is 2.26. The fourth-order valence-corrected chi connectivity index (χ4v) is 3.31. The summed E-state index contributed by atoms with van der Waals surface area (Å²) in [6.07, 6.45) is 1.53. The smallest absolute Gasteiger partial charge is 0.339 e. The quantitative estimate of drug-likeness (QED) is 0.317. The van der Waals surface area contributed by atoms with E-state index in [1.807, 2.05) is 30.3 Å². The van der Waals surface area contributed by atoms with Crippen LogP contribution in [0.3, 0.4) is 0 Å². The summed E-state index contributed by atoms with van der Waals surface area (Å²) in [5.74, 6) is -0.266. The summed E-state index contributed by atoms with van der Waals surface area (Å²) in [7, 11) is 0. The van der Waals surface area contributed by atoms with Crippen LogP contribution in [0.4, 0.5) is 0 Å². The lowest BCUT2D eigenvalue weighted by Crippen LogP contribution is -2.24. The minimum absolute atomic E-state index is 0.240. The van der Waals surface area contributed by atoms with Crippen LogP contribution < -0.4 is 0 Å². The molecule has 0 radical (unpaired) electrons. The molecule has 0 N–H and O–H groups in total. The molecule has 2 aromatic carbocycles. The number of ketones is 1. The number of carbonyl (C=O) groups excluding carboxylic acids is 2. The van der Waals surface area contributed by atoms with Crippen molar-refractivity contribution in [2.24, 2.45) is 0 Å². The van der Waals surface area contributed by atoms with Crippen LogP contribution in [-0.2, 0) is 11.2 Å². The van der Waals surface area contributed by atoms with Crippen molar-refractivity contribution in [1.29, 1.82) is 0 Å². The van der Waals surface area contributed by atoms with E-state index in [0.717, 1.165) is 12.0 Å². The zero-order valence-corrected chi connectivity index (χ0v) is 16.8. The third kappa shape index (κ3) is 3.87. The molecular formula is C25H21NO4.